The lowest BCUT2D eigenvalue weighted by Crippen LogP contribution is -2.04. The van der Waals surface area contributed by atoms with E-state index in [4.69, 9.17) is 16.7 Å². The molecule has 0 saturated carbocycles. The number of hydrogen-bond acceptors (Lipinski definition) is 3. The molecule has 5 heteroatoms. The first-order valence-electron chi connectivity index (χ1n) is 5.55. The molecule has 2 rings (SSSR count). The van der Waals surface area contributed by atoms with Gasteiger partial charge in [0.2, 0.25) is 0 Å². The summed E-state index contributed by atoms with van der Waals surface area (Å²) in [5.74, 6) is 1.70. The highest BCUT2D eigenvalue weighted by atomic mass is 35.5. The van der Waals surface area contributed by atoms with Crippen molar-refractivity contribution < 1.29 is 5.11 Å². The fraction of sp³-hybridized carbons (Fsp3) is 0.333. The number of aliphatic hydroxyl groups excluding tert-OH is 1. The molecule has 0 aliphatic rings. The predicted molar refractivity (Wildman–Crippen MR) is 66.3 cm³/mol. The largest absolute Gasteiger partial charge is 0.390 e. The number of pyridine rings is 1. The van der Waals surface area contributed by atoms with Crippen LogP contribution in [0.1, 0.15) is 24.9 Å². The minimum Gasteiger partial charge on any atom is -0.390 e. The van der Waals surface area contributed by atoms with Crippen molar-refractivity contribution in [3.63, 3.8) is 0 Å². The number of imidazole rings is 1. The zero-order valence-corrected chi connectivity index (χ0v) is 10.4. The van der Waals surface area contributed by atoms with Gasteiger partial charge in [-0.3, -0.25) is 4.57 Å². The van der Waals surface area contributed by atoms with Gasteiger partial charge >= 0.3 is 0 Å². The van der Waals surface area contributed by atoms with Crippen molar-refractivity contribution in [3.05, 3.63) is 41.1 Å². The molecule has 0 bridgehead atoms. The van der Waals surface area contributed by atoms with Crippen LogP contribution in [-0.4, -0.2) is 19.6 Å². The van der Waals surface area contributed by atoms with Gasteiger partial charge in [0, 0.05) is 18.8 Å². The van der Waals surface area contributed by atoms with Crippen molar-refractivity contribution in [2.45, 2.75) is 26.4 Å². The van der Waals surface area contributed by atoms with Gasteiger partial charge < -0.3 is 5.11 Å². The number of aliphatic hydroxyl groups is 1. The van der Waals surface area contributed by atoms with E-state index in [0.29, 0.717) is 10.7 Å². The second-order valence-corrected chi connectivity index (χ2v) is 4.13. The third-order valence-corrected chi connectivity index (χ3v) is 2.84. The van der Waals surface area contributed by atoms with Gasteiger partial charge in [-0.05, 0) is 18.6 Å². The van der Waals surface area contributed by atoms with Gasteiger partial charge in [0.05, 0.1) is 17.3 Å². The molecule has 0 atom stereocenters. The van der Waals surface area contributed by atoms with Gasteiger partial charge in [-0.2, -0.15) is 0 Å². The third-order valence-electron chi connectivity index (χ3n) is 2.49. The highest BCUT2D eigenvalue weighted by molar-refractivity contribution is 6.31. The van der Waals surface area contributed by atoms with Crippen molar-refractivity contribution >= 4 is 11.6 Å². The molecule has 0 saturated heterocycles. The number of rotatable bonds is 4. The van der Waals surface area contributed by atoms with E-state index in [0.717, 1.165) is 24.5 Å². The first-order valence-corrected chi connectivity index (χ1v) is 5.93. The molecule has 1 N–H and O–H groups in total. The Morgan fingerprint density at radius 1 is 1.41 bits per heavy atom. The van der Waals surface area contributed by atoms with Crippen LogP contribution in [-0.2, 0) is 13.0 Å². The molecule has 0 spiro atoms. The van der Waals surface area contributed by atoms with Crippen LogP contribution >= 0.6 is 11.6 Å². The average molecular weight is 252 g/mol. The van der Waals surface area contributed by atoms with Crippen molar-refractivity contribution in [1.29, 1.82) is 0 Å². The Bertz CT molecular complexity index is 510. The molecule has 4 nitrogen and oxygen atoms in total. The van der Waals surface area contributed by atoms with Crippen molar-refractivity contribution in [2.24, 2.45) is 0 Å². The summed E-state index contributed by atoms with van der Waals surface area (Å²) in [4.78, 5) is 8.60. The van der Waals surface area contributed by atoms with E-state index in [-0.39, 0.29) is 6.61 Å². The van der Waals surface area contributed by atoms with Crippen LogP contribution in [0, 0.1) is 0 Å². The smallest absolute Gasteiger partial charge is 0.138 e. The van der Waals surface area contributed by atoms with Gasteiger partial charge in [-0.1, -0.05) is 18.5 Å². The van der Waals surface area contributed by atoms with E-state index in [9.17, 15) is 0 Å². The molecule has 0 fully saturated rings. The predicted octanol–water partition coefficient (Wildman–Crippen LogP) is 2.37. The van der Waals surface area contributed by atoms with Crippen LogP contribution in [0.3, 0.4) is 0 Å². The van der Waals surface area contributed by atoms with Crippen LogP contribution in [0.5, 0.6) is 0 Å². The van der Waals surface area contributed by atoms with Crippen molar-refractivity contribution in [1.82, 2.24) is 14.5 Å². The Labute approximate surface area is 105 Å². The lowest BCUT2D eigenvalue weighted by Gasteiger charge is -2.08. The topological polar surface area (TPSA) is 50.9 Å². The molecule has 0 aliphatic carbocycles. The zero-order chi connectivity index (χ0) is 12.3. The van der Waals surface area contributed by atoms with Crippen LogP contribution < -0.4 is 0 Å². The Hall–Kier alpha value is -1.39. The Morgan fingerprint density at radius 3 is 2.94 bits per heavy atom. The monoisotopic (exact) mass is 251 g/mol. The molecule has 90 valence electrons. The van der Waals surface area contributed by atoms with E-state index in [1.165, 1.54) is 0 Å². The first kappa shape index (κ1) is 12.1. The molecule has 0 aliphatic heterocycles. The lowest BCUT2D eigenvalue weighted by molar-refractivity contribution is 0.277. The molecule has 0 aromatic carbocycles. The van der Waals surface area contributed by atoms with Crippen LogP contribution in [0.4, 0.5) is 0 Å². The quantitative estimate of drug-likeness (QED) is 0.908. The molecule has 2 aromatic heterocycles. The van der Waals surface area contributed by atoms with E-state index in [2.05, 4.69) is 16.9 Å². The highest BCUT2D eigenvalue weighted by Crippen LogP contribution is 2.17. The molecular weight excluding hydrogens is 238 g/mol. The van der Waals surface area contributed by atoms with E-state index >= 15 is 0 Å². The zero-order valence-electron chi connectivity index (χ0n) is 9.60. The Kier molecular flexibility index (Phi) is 3.76. The Morgan fingerprint density at radius 2 is 2.24 bits per heavy atom. The standard InChI is InChI=1S/C12H14ClN3O/c1-2-3-11-14-6-7-16(11)12-5-4-9(13)10(8-17)15-12/h4-7,17H,2-3,8H2,1H3. The van der Waals surface area contributed by atoms with Crippen LogP contribution in [0.25, 0.3) is 5.82 Å². The van der Waals surface area contributed by atoms with Crippen LogP contribution in [0.2, 0.25) is 5.02 Å². The fourth-order valence-corrected chi connectivity index (χ4v) is 1.83. The second-order valence-electron chi connectivity index (χ2n) is 3.72. The number of halogens is 1. The summed E-state index contributed by atoms with van der Waals surface area (Å²) in [7, 11) is 0. The molecule has 2 aromatic rings. The molecule has 0 amide bonds. The summed E-state index contributed by atoms with van der Waals surface area (Å²) in [6.45, 7) is 1.94. The summed E-state index contributed by atoms with van der Waals surface area (Å²) in [5, 5.41) is 9.62. The fourth-order valence-electron chi connectivity index (χ4n) is 1.67. The molecular formula is C12H14ClN3O. The van der Waals surface area contributed by atoms with Crippen molar-refractivity contribution in [2.75, 3.05) is 0 Å². The molecule has 0 radical (unpaired) electrons. The SMILES string of the molecule is CCCc1nccn1-c1ccc(Cl)c(CO)n1. The maximum atomic E-state index is 9.14. The average Bonchev–Trinajstić information content (AvgIpc) is 2.78. The van der Waals surface area contributed by atoms with E-state index in [1.54, 1.807) is 12.3 Å². The molecule has 2 heterocycles. The number of hydrogen-bond donors (Lipinski definition) is 1. The molecule has 17 heavy (non-hydrogen) atoms. The minimum absolute atomic E-state index is 0.162. The Balaban J connectivity index is 2.42. The van der Waals surface area contributed by atoms with E-state index < -0.39 is 0 Å². The van der Waals surface area contributed by atoms with Crippen LogP contribution in [0.15, 0.2) is 24.5 Å². The third kappa shape index (κ3) is 2.48. The number of aromatic nitrogens is 3. The van der Waals surface area contributed by atoms with E-state index in [1.807, 2.05) is 16.8 Å². The maximum Gasteiger partial charge on any atom is 0.138 e. The van der Waals surface area contributed by atoms with Crippen molar-refractivity contribution in [3.8, 4) is 5.82 Å². The summed E-state index contributed by atoms with van der Waals surface area (Å²) >= 11 is 5.91. The summed E-state index contributed by atoms with van der Waals surface area (Å²) < 4.78 is 1.92. The summed E-state index contributed by atoms with van der Waals surface area (Å²) in [5.41, 5.74) is 0.486. The minimum atomic E-state index is -0.162. The number of nitrogens with zero attached hydrogens (tertiary/aromatic N) is 3. The van der Waals surface area contributed by atoms with Gasteiger partial charge in [-0.25, -0.2) is 9.97 Å². The first-order chi connectivity index (χ1) is 8.26. The van der Waals surface area contributed by atoms with Gasteiger partial charge in [0.1, 0.15) is 11.6 Å². The normalized spacial score (nSPS) is 10.8. The number of aryl methyl sites for hydroxylation is 1. The lowest BCUT2D eigenvalue weighted by atomic mass is 10.3. The van der Waals surface area contributed by atoms with Gasteiger partial charge in [0.15, 0.2) is 0 Å². The summed E-state index contributed by atoms with van der Waals surface area (Å²) in [6, 6.07) is 3.56. The summed E-state index contributed by atoms with van der Waals surface area (Å²) in [6.07, 6.45) is 5.53. The van der Waals surface area contributed by atoms with Gasteiger partial charge in [0.25, 0.3) is 0 Å². The molecule has 0 unspecified atom stereocenters. The maximum absolute atomic E-state index is 9.14. The highest BCUT2D eigenvalue weighted by Gasteiger charge is 2.08. The van der Waals surface area contributed by atoms with Gasteiger partial charge in [-0.15, -0.1) is 0 Å². The second kappa shape index (κ2) is 5.29.